The Morgan fingerprint density at radius 2 is 2.29 bits per heavy atom. The van der Waals surface area contributed by atoms with Crippen molar-refractivity contribution in [2.24, 2.45) is 18.7 Å². The quantitative estimate of drug-likeness (QED) is 0.886. The van der Waals surface area contributed by atoms with E-state index in [1.54, 1.807) is 10.9 Å². The van der Waals surface area contributed by atoms with Gasteiger partial charge in [0.05, 0.1) is 24.9 Å². The van der Waals surface area contributed by atoms with Gasteiger partial charge in [-0.3, -0.25) is 9.48 Å². The fourth-order valence-electron chi connectivity index (χ4n) is 3.11. The molecule has 1 aromatic heterocycles. The number of aryl methyl sites for hydroxylation is 1. The van der Waals surface area contributed by atoms with Crippen LogP contribution in [0.1, 0.15) is 32.3 Å². The van der Waals surface area contributed by atoms with Gasteiger partial charge >= 0.3 is 0 Å². The molecule has 0 bridgehead atoms. The summed E-state index contributed by atoms with van der Waals surface area (Å²) < 4.78 is 7.70. The van der Waals surface area contributed by atoms with Gasteiger partial charge in [0.1, 0.15) is 5.60 Å². The molecular formula is C15H24N4O2. The molecule has 6 heteroatoms. The molecule has 2 atom stereocenters. The summed E-state index contributed by atoms with van der Waals surface area (Å²) in [6.07, 6.45) is 5.86. The fraction of sp³-hybridized carbons (Fsp3) is 0.733. The van der Waals surface area contributed by atoms with E-state index in [1.807, 2.05) is 32.0 Å². The minimum absolute atomic E-state index is 0.0448. The van der Waals surface area contributed by atoms with Crippen LogP contribution in [0, 0.1) is 5.92 Å². The van der Waals surface area contributed by atoms with Crippen molar-refractivity contribution in [3.63, 3.8) is 0 Å². The molecule has 1 aliphatic carbocycles. The van der Waals surface area contributed by atoms with Crippen LogP contribution in [0.5, 0.6) is 0 Å². The molecule has 2 aliphatic rings. The normalized spacial score (nSPS) is 29.2. The zero-order valence-electron chi connectivity index (χ0n) is 13.0. The molecular weight excluding hydrogens is 268 g/mol. The summed E-state index contributed by atoms with van der Waals surface area (Å²) in [7, 11) is 1.88. The van der Waals surface area contributed by atoms with Crippen molar-refractivity contribution in [3.8, 4) is 0 Å². The summed E-state index contributed by atoms with van der Waals surface area (Å²) in [6.45, 7) is 5.53. The van der Waals surface area contributed by atoms with Gasteiger partial charge in [0.15, 0.2) is 0 Å². The Balaban J connectivity index is 1.78. The molecule has 0 unspecified atom stereocenters. The highest BCUT2D eigenvalue weighted by Crippen LogP contribution is 2.40. The molecule has 2 N–H and O–H groups in total. The maximum absolute atomic E-state index is 12.8. The van der Waals surface area contributed by atoms with E-state index >= 15 is 0 Å². The van der Waals surface area contributed by atoms with Crippen molar-refractivity contribution in [1.82, 2.24) is 14.7 Å². The van der Waals surface area contributed by atoms with Gasteiger partial charge in [-0.25, -0.2) is 0 Å². The van der Waals surface area contributed by atoms with E-state index in [4.69, 9.17) is 10.5 Å². The van der Waals surface area contributed by atoms with Crippen LogP contribution in [0.3, 0.4) is 0 Å². The second-order valence-corrected chi connectivity index (χ2v) is 6.77. The van der Waals surface area contributed by atoms with Gasteiger partial charge < -0.3 is 15.4 Å². The molecule has 21 heavy (non-hydrogen) atoms. The topological polar surface area (TPSA) is 73.4 Å². The smallest absolute Gasteiger partial charge is 0.242 e. The first kappa shape index (κ1) is 14.5. The molecule has 1 aliphatic heterocycles. The lowest BCUT2D eigenvalue weighted by molar-refractivity contribution is -0.155. The summed E-state index contributed by atoms with van der Waals surface area (Å²) in [4.78, 5) is 14.6. The van der Waals surface area contributed by atoms with Gasteiger partial charge in [0.25, 0.3) is 0 Å². The minimum Gasteiger partial charge on any atom is -0.367 e. The zero-order valence-corrected chi connectivity index (χ0v) is 13.0. The maximum Gasteiger partial charge on any atom is 0.242 e. The Labute approximate surface area is 125 Å². The van der Waals surface area contributed by atoms with Gasteiger partial charge in [-0.1, -0.05) is 0 Å². The molecule has 116 valence electrons. The largest absolute Gasteiger partial charge is 0.367 e. The Morgan fingerprint density at radius 1 is 1.57 bits per heavy atom. The number of ether oxygens (including phenoxy) is 1. The number of morpholine rings is 1. The monoisotopic (exact) mass is 292 g/mol. The van der Waals surface area contributed by atoms with Crippen LogP contribution < -0.4 is 5.73 Å². The van der Waals surface area contributed by atoms with Crippen LogP contribution in [0.4, 0.5) is 0 Å². The third-order valence-electron chi connectivity index (χ3n) is 4.76. The lowest BCUT2D eigenvalue weighted by Crippen LogP contribution is -2.60. The van der Waals surface area contributed by atoms with Crippen molar-refractivity contribution in [1.29, 1.82) is 0 Å². The van der Waals surface area contributed by atoms with E-state index in [1.165, 1.54) is 0 Å². The van der Waals surface area contributed by atoms with Crippen LogP contribution in [0.2, 0.25) is 0 Å². The molecule has 3 rings (SSSR count). The first-order valence-electron chi connectivity index (χ1n) is 7.54. The van der Waals surface area contributed by atoms with Crippen molar-refractivity contribution < 1.29 is 9.53 Å². The number of hydrogen-bond acceptors (Lipinski definition) is 4. The molecule has 0 radical (unpaired) electrons. The van der Waals surface area contributed by atoms with Crippen LogP contribution in [-0.2, 0) is 22.2 Å². The van der Waals surface area contributed by atoms with Gasteiger partial charge in [-0.05, 0) is 32.6 Å². The van der Waals surface area contributed by atoms with E-state index in [0.29, 0.717) is 25.6 Å². The number of rotatable bonds is 3. The van der Waals surface area contributed by atoms with Crippen molar-refractivity contribution in [2.75, 3.05) is 19.7 Å². The lowest BCUT2D eigenvalue weighted by atomic mass is 9.92. The number of amides is 1. The van der Waals surface area contributed by atoms with E-state index in [-0.39, 0.29) is 5.91 Å². The average Bonchev–Trinajstić information content (AvgIpc) is 3.21. The summed E-state index contributed by atoms with van der Waals surface area (Å²) in [5.41, 5.74) is 6.02. The van der Waals surface area contributed by atoms with Gasteiger partial charge in [0.2, 0.25) is 5.91 Å². The molecule has 0 spiro atoms. The second-order valence-electron chi connectivity index (χ2n) is 6.77. The predicted octanol–water partition coefficient (Wildman–Crippen LogP) is 0.621. The molecule has 0 aromatic carbocycles. The molecule has 1 saturated heterocycles. The Morgan fingerprint density at radius 3 is 2.86 bits per heavy atom. The highest BCUT2D eigenvalue weighted by molar-refractivity contribution is 5.86. The van der Waals surface area contributed by atoms with E-state index in [0.717, 1.165) is 18.4 Å². The highest BCUT2D eigenvalue weighted by Gasteiger charge is 2.48. The van der Waals surface area contributed by atoms with Crippen LogP contribution in [0.15, 0.2) is 12.4 Å². The summed E-state index contributed by atoms with van der Waals surface area (Å²) in [5.74, 6) is 0.376. The molecule has 1 amide bonds. The van der Waals surface area contributed by atoms with Crippen molar-refractivity contribution >= 4 is 5.91 Å². The Bertz CT molecular complexity index is 550. The summed E-state index contributed by atoms with van der Waals surface area (Å²) in [5, 5.41) is 4.20. The van der Waals surface area contributed by atoms with Crippen LogP contribution >= 0.6 is 0 Å². The van der Waals surface area contributed by atoms with Crippen molar-refractivity contribution in [3.05, 3.63) is 18.0 Å². The highest BCUT2D eigenvalue weighted by atomic mass is 16.5. The molecule has 6 nitrogen and oxygen atoms in total. The Kier molecular flexibility index (Phi) is 3.33. The summed E-state index contributed by atoms with van der Waals surface area (Å²) in [6, 6.07) is 0. The molecule has 2 heterocycles. The molecule has 1 aromatic rings. The first-order valence-corrected chi connectivity index (χ1v) is 7.54. The van der Waals surface area contributed by atoms with Crippen molar-refractivity contribution in [2.45, 2.75) is 37.8 Å². The number of carbonyl (C=O) groups is 1. The van der Waals surface area contributed by atoms with E-state index in [2.05, 4.69) is 5.10 Å². The average molecular weight is 292 g/mol. The molecule has 1 saturated carbocycles. The number of aromatic nitrogens is 2. The number of carbonyl (C=O) groups excluding carboxylic acids is 1. The standard InChI is InChI=1S/C15H24N4O2/c1-14(12-8-17-18(3)9-12)10-19(6-7-21-14)13(20)15(2,16)11-4-5-11/h8-9,11H,4-7,10,16H2,1-3H3/t14-,15-/m0/s1. The second kappa shape index (κ2) is 4.81. The Hall–Kier alpha value is -1.40. The van der Waals surface area contributed by atoms with Gasteiger partial charge in [-0.2, -0.15) is 5.10 Å². The third kappa shape index (κ3) is 2.58. The zero-order chi connectivity index (χ0) is 15.3. The maximum atomic E-state index is 12.8. The summed E-state index contributed by atoms with van der Waals surface area (Å²) >= 11 is 0. The van der Waals surface area contributed by atoms with Gasteiger partial charge in [0, 0.05) is 25.4 Å². The third-order valence-corrected chi connectivity index (χ3v) is 4.76. The number of nitrogens with two attached hydrogens (primary N) is 1. The molecule has 2 fully saturated rings. The van der Waals surface area contributed by atoms with E-state index in [9.17, 15) is 4.79 Å². The predicted molar refractivity (Wildman–Crippen MR) is 78.4 cm³/mol. The van der Waals surface area contributed by atoms with E-state index < -0.39 is 11.1 Å². The van der Waals surface area contributed by atoms with Crippen LogP contribution in [0.25, 0.3) is 0 Å². The minimum atomic E-state index is -0.743. The number of hydrogen-bond donors (Lipinski definition) is 1. The lowest BCUT2D eigenvalue weighted by Gasteiger charge is -2.42. The van der Waals surface area contributed by atoms with Gasteiger partial charge in [-0.15, -0.1) is 0 Å². The SMILES string of the molecule is Cn1cc([C@]2(C)CN(C(=O)[C@@](C)(N)C3CC3)CCO2)cn1. The number of nitrogens with zero attached hydrogens (tertiary/aromatic N) is 3. The fourth-order valence-corrected chi connectivity index (χ4v) is 3.11. The first-order chi connectivity index (χ1) is 9.83. The van der Waals surface area contributed by atoms with Crippen LogP contribution in [-0.4, -0.2) is 45.8 Å².